The highest BCUT2D eigenvalue weighted by Gasteiger charge is 2.03. The molecule has 1 unspecified atom stereocenters. The summed E-state index contributed by atoms with van der Waals surface area (Å²) in [7, 11) is 0. The number of aliphatic hydroxyl groups excluding tert-OH is 1. The Kier molecular flexibility index (Phi) is 11.4. The standard InChI is InChI=1S/C7H15O.C4H9.Mg/c1-3-5-6-7(8)4-2;1-3-4-2;/h7-8H,2-6H2,1H3;1,3-4H2,2H3;. The SMILES string of the molecule is CCC[CH2][Mg][CH2]CC(O)CCCC. The lowest BCUT2D eigenvalue weighted by Crippen LogP contribution is -2.07. The maximum atomic E-state index is 9.56. The summed E-state index contributed by atoms with van der Waals surface area (Å²) in [5.74, 6) is 0. The molecule has 1 N–H and O–H groups in total. The van der Waals surface area contributed by atoms with Gasteiger partial charge in [0.05, 0.1) is 6.10 Å². The lowest BCUT2D eigenvalue weighted by atomic mass is 10.1. The molecule has 0 fully saturated rings. The van der Waals surface area contributed by atoms with Gasteiger partial charge in [-0.15, -0.1) is 9.10 Å². The predicted molar refractivity (Wildman–Crippen MR) is 60.4 cm³/mol. The van der Waals surface area contributed by atoms with Crippen LogP contribution in [0.1, 0.15) is 52.4 Å². The fraction of sp³-hybridized carbons (Fsp3) is 1.00. The van der Waals surface area contributed by atoms with Crippen molar-refractivity contribution in [2.45, 2.75) is 67.6 Å². The van der Waals surface area contributed by atoms with Crippen molar-refractivity contribution in [1.82, 2.24) is 0 Å². The van der Waals surface area contributed by atoms with Gasteiger partial charge in [0.25, 0.3) is 0 Å². The van der Waals surface area contributed by atoms with Crippen molar-refractivity contribution >= 4 is 20.4 Å². The Labute approximate surface area is 93.0 Å². The zero-order valence-electron chi connectivity index (χ0n) is 9.39. The molecule has 0 saturated carbocycles. The molecule has 0 aromatic rings. The summed E-state index contributed by atoms with van der Waals surface area (Å²) in [5.41, 5.74) is 0. The minimum absolute atomic E-state index is 0.00840. The third-order valence-corrected chi connectivity index (χ3v) is 4.44. The molecule has 0 heterocycles. The molecule has 0 amide bonds. The van der Waals surface area contributed by atoms with Crippen molar-refractivity contribution in [3.63, 3.8) is 0 Å². The fourth-order valence-electron chi connectivity index (χ4n) is 1.57. The molecule has 0 radical (unpaired) electrons. The lowest BCUT2D eigenvalue weighted by Gasteiger charge is -2.08. The van der Waals surface area contributed by atoms with Gasteiger partial charge < -0.3 is 5.11 Å². The molecule has 0 bridgehead atoms. The molecule has 1 nitrogen and oxygen atoms in total. The Morgan fingerprint density at radius 3 is 2.31 bits per heavy atom. The molecule has 0 aliphatic heterocycles. The zero-order chi connectivity index (χ0) is 9.94. The number of aliphatic hydroxyl groups is 1. The van der Waals surface area contributed by atoms with Crippen molar-refractivity contribution in [2.24, 2.45) is 0 Å². The first-order valence-electron chi connectivity index (χ1n) is 5.99. The van der Waals surface area contributed by atoms with E-state index in [0.717, 1.165) is 12.8 Å². The van der Waals surface area contributed by atoms with E-state index in [9.17, 15) is 5.11 Å². The lowest BCUT2D eigenvalue weighted by molar-refractivity contribution is 0.157. The van der Waals surface area contributed by atoms with E-state index < -0.39 is 0 Å². The molecule has 0 rings (SSSR count). The highest BCUT2D eigenvalue weighted by molar-refractivity contribution is 6.35. The molecule has 76 valence electrons. The first-order chi connectivity index (χ1) is 6.31. The average molecular weight is 197 g/mol. The van der Waals surface area contributed by atoms with Crippen molar-refractivity contribution in [3.8, 4) is 0 Å². The van der Waals surface area contributed by atoms with E-state index >= 15 is 0 Å². The first-order valence-corrected chi connectivity index (χ1v) is 7.99. The number of unbranched alkanes of at least 4 members (excludes halogenated alkanes) is 2. The van der Waals surface area contributed by atoms with E-state index in [-0.39, 0.29) is 26.5 Å². The molecule has 0 aliphatic rings. The van der Waals surface area contributed by atoms with Crippen LogP contribution in [-0.2, 0) is 0 Å². The summed E-state index contributed by atoms with van der Waals surface area (Å²) in [5, 5.41) is 9.56. The van der Waals surface area contributed by atoms with Crippen LogP contribution >= 0.6 is 0 Å². The predicted octanol–water partition coefficient (Wildman–Crippen LogP) is 3.27. The topological polar surface area (TPSA) is 20.2 Å². The van der Waals surface area contributed by atoms with E-state index in [4.69, 9.17) is 0 Å². The molecule has 13 heavy (non-hydrogen) atoms. The molecule has 0 aromatic carbocycles. The van der Waals surface area contributed by atoms with Gasteiger partial charge in [-0.05, 0) is 12.8 Å². The van der Waals surface area contributed by atoms with Crippen LogP contribution in [0.2, 0.25) is 9.10 Å². The van der Waals surface area contributed by atoms with Crippen molar-refractivity contribution in [1.29, 1.82) is 0 Å². The number of rotatable bonds is 9. The van der Waals surface area contributed by atoms with Crippen molar-refractivity contribution < 1.29 is 5.11 Å². The Morgan fingerprint density at radius 2 is 1.69 bits per heavy atom. The highest BCUT2D eigenvalue weighted by Crippen LogP contribution is 2.07. The van der Waals surface area contributed by atoms with Gasteiger partial charge in [-0.1, -0.05) is 39.5 Å². The molecule has 2 heteroatoms. The fourth-order valence-corrected chi connectivity index (χ4v) is 3.53. The van der Waals surface area contributed by atoms with Crippen molar-refractivity contribution in [3.05, 3.63) is 0 Å². The summed E-state index contributed by atoms with van der Waals surface area (Å²) in [6.07, 6.45) is 7.27. The molecule has 0 saturated heterocycles. The van der Waals surface area contributed by atoms with Crippen LogP contribution in [0.15, 0.2) is 0 Å². The van der Waals surface area contributed by atoms with Gasteiger partial charge in [-0.2, -0.15) is 0 Å². The summed E-state index contributed by atoms with van der Waals surface area (Å²) in [4.78, 5) is 0. The van der Waals surface area contributed by atoms with Crippen LogP contribution in [-0.4, -0.2) is 31.6 Å². The second-order valence-electron chi connectivity index (χ2n) is 4.00. The van der Waals surface area contributed by atoms with E-state index in [2.05, 4.69) is 13.8 Å². The average Bonchev–Trinajstić information content (AvgIpc) is 2.14. The number of hydrogen-bond acceptors (Lipinski definition) is 1. The number of hydrogen-bond donors (Lipinski definition) is 1. The molecular formula is C11H24MgO. The smallest absolute Gasteiger partial charge is 0.364 e. The van der Waals surface area contributed by atoms with Gasteiger partial charge >= 0.3 is 20.4 Å². The first kappa shape index (κ1) is 13.7. The largest absolute Gasteiger partial charge is 0.393 e. The molecule has 0 aromatic heterocycles. The maximum Gasteiger partial charge on any atom is 0.364 e. The van der Waals surface area contributed by atoms with E-state index in [1.807, 2.05) is 0 Å². The van der Waals surface area contributed by atoms with Gasteiger partial charge in [0.15, 0.2) is 0 Å². The Morgan fingerprint density at radius 1 is 1.00 bits per heavy atom. The molecule has 0 aliphatic carbocycles. The van der Waals surface area contributed by atoms with E-state index in [1.54, 1.807) is 0 Å². The van der Waals surface area contributed by atoms with E-state index in [0.29, 0.717) is 0 Å². The van der Waals surface area contributed by atoms with Crippen LogP contribution in [0.25, 0.3) is 0 Å². The minimum Gasteiger partial charge on any atom is -0.393 e. The molecule has 1 atom stereocenters. The second kappa shape index (κ2) is 10.8. The van der Waals surface area contributed by atoms with Crippen LogP contribution in [0.3, 0.4) is 0 Å². The quantitative estimate of drug-likeness (QED) is 0.443. The Balaban J connectivity index is 3.03. The molecule has 0 spiro atoms. The summed E-state index contributed by atoms with van der Waals surface area (Å²) in [6, 6.07) is 0. The molecular weight excluding hydrogens is 172 g/mol. The monoisotopic (exact) mass is 196 g/mol. The van der Waals surface area contributed by atoms with Gasteiger partial charge in [-0.25, -0.2) is 0 Å². The van der Waals surface area contributed by atoms with Crippen LogP contribution in [0.4, 0.5) is 0 Å². The van der Waals surface area contributed by atoms with Gasteiger partial charge in [0, 0.05) is 0 Å². The maximum absolute atomic E-state index is 9.56. The van der Waals surface area contributed by atoms with Crippen molar-refractivity contribution in [2.75, 3.05) is 0 Å². The van der Waals surface area contributed by atoms with Crippen LogP contribution in [0.5, 0.6) is 0 Å². The Bertz CT molecular complexity index is 96.1. The highest BCUT2D eigenvalue weighted by atomic mass is 24.5. The summed E-state index contributed by atoms with van der Waals surface area (Å²) in [6.45, 7) is 4.44. The van der Waals surface area contributed by atoms with Crippen LogP contribution < -0.4 is 0 Å². The second-order valence-corrected chi connectivity index (χ2v) is 6.12. The third kappa shape index (κ3) is 10.6. The normalized spacial score (nSPS) is 12.5. The summed E-state index contributed by atoms with van der Waals surface area (Å²) < 4.78 is 2.84. The minimum atomic E-state index is 0.00840. The zero-order valence-corrected chi connectivity index (χ0v) is 10.8. The van der Waals surface area contributed by atoms with Crippen LogP contribution in [0, 0.1) is 0 Å². The third-order valence-electron chi connectivity index (χ3n) is 2.53. The summed E-state index contributed by atoms with van der Waals surface area (Å²) >= 11 is 0.174. The Hall–Kier alpha value is 0.726. The van der Waals surface area contributed by atoms with E-state index in [1.165, 1.54) is 34.8 Å². The van der Waals surface area contributed by atoms with Gasteiger partial charge in [0.1, 0.15) is 0 Å². The van der Waals surface area contributed by atoms with Gasteiger partial charge in [-0.3, -0.25) is 0 Å². The van der Waals surface area contributed by atoms with Gasteiger partial charge in [0.2, 0.25) is 0 Å².